The van der Waals surface area contributed by atoms with Crippen molar-refractivity contribution in [2.24, 2.45) is 10.9 Å². The second-order valence-corrected chi connectivity index (χ2v) is 8.15. The van der Waals surface area contributed by atoms with E-state index in [9.17, 15) is 0 Å². The summed E-state index contributed by atoms with van der Waals surface area (Å²) in [5, 5.41) is 6.71. The number of aromatic nitrogens is 1. The van der Waals surface area contributed by atoms with Crippen molar-refractivity contribution in [3.05, 3.63) is 53.2 Å². The highest BCUT2D eigenvalue weighted by molar-refractivity contribution is 14.0. The van der Waals surface area contributed by atoms with E-state index in [2.05, 4.69) is 39.6 Å². The summed E-state index contributed by atoms with van der Waals surface area (Å²) in [6.07, 6.45) is 2.31. The van der Waals surface area contributed by atoms with Crippen LogP contribution >= 0.6 is 24.0 Å². The van der Waals surface area contributed by atoms with Gasteiger partial charge in [-0.3, -0.25) is 9.89 Å². The average molecular weight is 556 g/mol. The maximum Gasteiger partial charge on any atom is 0.208 e. The van der Waals surface area contributed by atoms with Crippen molar-refractivity contribution in [3.63, 3.8) is 0 Å². The van der Waals surface area contributed by atoms with Gasteiger partial charge in [-0.15, -0.1) is 24.0 Å². The third kappa shape index (κ3) is 9.07. The van der Waals surface area contributed by atoms with Gasteiger partial charge >= 0.3 is 0 Å². The first-order valence-corrected chi connectivity index (χ1v) is 11.4. The molecule has 1 aromatic carbocycles. The number of rotatable bonds is 10. The minimum Gasteiger partial charge on any atom is -0.444 e. The Hall–Kier alpha value is -1.65. The summed E-state index contributed by atoms with van der Waals surface area (Å²) in [7, 11) is 0. The van der Waals surface area contributed by atoms with Crippen LogP contribution in [0.1, 0.15) is 42.7 Å². The fraction of sp³-hybridized carbons (Fsp3) is 0.583. The summed E-state index contributed by atoms with van der Waals surface area (Å²) in [4.78, 5) is 11.7. The highest BCUT2D eigenvalue weighted by Gasteiger charge is 2.20. The van der Waals surface area contributed by atoms with Crippen molar-refractivity contribution in [2.75, 3.05) is 39.3 Å². The van der Waals surface area contributed by atoms with Crippen molar-refractivity contribution in [1.82, 2.24) is 20.5 Å². The Balaban J connectivity index is 0.00000363. The second kappa shape index (κ2) is 14.5. The molecule has 0 bridgehead atoms. The van der Waals surface area contributed by atoms with Gasteiger partial charge in [0.2, 0.25) is 5.89 Å². The minimum absolute atomic E-state index is 0. The average Bonchev–Trinajstić information content (AvgIpc) is 3.10. The van der Waals surface area contributed by atoms with E-state index in [1.165, 1.54) is 5.56 Å². The van der Waals surface area contributed by atoms with Crippen molar-refractivity contribution >= 4 is 29.9 Å². The maximum atomic E-state index is 5.75. The fourth-order valence-corrected chi connectivity index (χ4v) is 3.69. The Morgan fingerprint density at radius 2 is 1.94 bits per heavy atom. The molecule has 0 radical (unpaired) electrons. The number of oxazole rings is 1. The van der Waals surface area contributed by atoms with Gasteiger partial charge in [-0.25, -0.2) is 4.98 Å². The zero-order chi connectivity index (χ0) is 21.9. The molecular weight excluding hydrogens is 517 g/mol. The molecule has 1 aliphatic rings. The predicted molar refractivity (Wildman–Crippen MR) is 139 cm³/mol. The molecule has 1 aliphatic heterocycles. The number of hydrogen-bond donors (Lipinski definition) is 2. The molecule has 1 aromatic heterocycles. The molecule has 2 N–H and O–H groups in total. The summed E-state index contributed by atoms with van der Waals surface area (Å²) in [6.45, 7) is 12.7. The van der Waals surface area contributed by atoms with Crippen LogP contribution in [0.25, 0.3) is 0 Å². The topological polar surface area (TPSA) is 74.9 Å². The molecule has 1 fully saturated rings. The Morgan fingerprint density at radius 3 is 2.59 bits per heavy atom. The molecule has 0 amide bonds. The van der Waals surface area contributed by atoms with Crippen LogP contribution in [0.2, 0.25) is 0 Å². The lowest BCUT2D eigenvalue weighted by Gasteiger charge is -2.30. The SMILES string of the molecule is CCNC(=NCC1CCN(Cc2nc(C)c(C)o2)CC1)NCCOCc1ccccc1.I. The highest BCUT2D eigenvalue weighted by atomic mass is 127. The van der Waals surface area contributed by atoms with E-state index in [1.54, 1.807) is 0 Å². The van der Waals surface area contributed by atoms with Crippen molar-refractivity contribution < 1.29 is 9.15 Å². The highest BCUT2D eigenvalue weighted by Crippen LogP contribution is 2.20. The van der Waals surface area contributed by atoms with Gasteiger partial charge in [0.15, 0.2) is 5.96 Å². The molecule has 0 saturated carbocycles. The molecule has 2 heterocycles. The molecule has 1 saturated heterocycles. The first-order chi connectivity index (χ1) is 15.1. The monoisotopic (exact) mass is 555 g/mol. The van der Waals surface area contributed by atoms with E-state index < -0.39 is 0 Å². The predicted octanol–water partition coefficient (Wildman–Crippen LogP) is 3.89. The van der Waals surface area contributed by atoms with Crippen LogP contribution < -0.4 is 10.6 Å². The quantitative estimate of drug-likeness (QED) is 0.201. The molecule has 32 heavy (non-hydrogen) atoms. The van der Waals surface area contributed by atoms with Crippen molar-refractivity contribution in [1.29, 1.82) is 0 Å². The number of hydrogen-bond acceptors (Lipinski definition) is 5. The van der Waals surface area contributed by atoms with Crippen LogP contribution in [-0.2, 0) is 17.9 Å². The fourth-order valence-electron chi connectivity index (χ4n) is 3.69. The van der Waals surface area contributed by atoms with E-state index in [-0.39, 0.29) is 24.0 Å². The molecule has 0 spiro atoms. The first-order valence-electron chi connectivity index (χ1n) is 11.4. The summed E-state index contributed by atoms with van der Waals surface area (Å²) >= 11 is 0. The lowest BCUT2D eigenvalue weighted by Crippen LogP contribution is -2.40. The van der Waals surface area contributed by atoms with Gasteiger partial charge in [0, 0.05) is 19.6 Å². The zero-order valence-corrected chi connectivity index (χ0v) is 21.9. The van der Waals surface area contributed by atoms with E-state index in [1.807, 2.05) is 32.0 Å². The number of benzene rings is 1. The van der Waals surface area contributed by atoms with E-state index >= 15 is 0 Å². The lowest BCUT2D eigenvalue weighted by molar-refractivity contribution is 0.125. The molecule has 2 aromatic rings. The van der Waals surface area contributed by atoms with Gasteiger partial charge in [-0.05, 0) is 58.2 Å². The number of halogens is 1. The van der Waals surface area contributed by atoms with Crippen LogP contribution in [0.15, 0.2) is 39.7 Å². The largest absolute Gasteiger partial charge is 0.444 e. The van der Waals surface area contributed by atoms with Gasteiger partial charge in [0.1, 0.15) is 5.76 Å². The number of likely N-dealkylation sites (tertiary alicyclic amines) is 1. The standard InChI is InChI=1S/C24H37N5O2.HI/c1-4-25-24(26-12-15-30-18-22-8-6-5-7-9-22)27-16-21-10-13-29(14-11-21)17-23-28-19(2)20(3)31-23;/h5-9,21H,4,10-18H2,1-3H3,(H2,25,26,27);1H. The molecular formula is C24H38IN5O2. The molecule has 8 heteroatoms. The van der Waals surface area contributed by atoms with Crippen molar-refractivity contribution in [3.8, 4) is 0 Å². The van der Waals surface area contributed by atoms with Gasteiger partial charge in [0.25, 0.3) is 0 Å². The first kappa shape index (κ1) is 26.6. The number of nitrogens with zero attached hydrogens (tertiary/aromatic N) is 3. The van der Waals surface area contributed by atoms with Crippen LogP contribution in [0.3, 0.4) is 0 Å². The summed E-state index contributed by atoms with van der Waals surface area (Å²) < 4.78 is 11.5. The van der Waals surface area contributed by atoms with E-state index in [0.29, 0.717) is 19.1 Å². The third-order valence-electron chi connectivity index (χ3n) is 5.64. The molecule has 0 unspecified atom stereocenters. The Kier molecular flexibility index (Phi) is 12.0. The number of piperidine rings is 1. The van der Waals surface area contributed by atoms with Crippen LogP contribution in [0.5, 0.6) is 0 Å². The second-order valence-electron chi connectivity index (χ2n) is 8.15. The van der Waals surface area contributed by atoms with Gasteiger partial charge in [-0.2, -0.15) is 0 Å². The molecule has 3 rings (SSSR count). The maximum absolute atomic E-state index is 5.75. The summed E-state index contributed by atoms with van der Waals surface area (Å²) in [5.41, 5.74) is 2.19. The summed E-state index contributed by atoms with van der Waals surface area (Å²) in [6, 6.07) is 10.3. The Bertz CT molecular complexity index is 784. The Labute approximate surface area is 209 Å². The van der Waals surface area contributed by atoms with E-state index in [4.69, 9.17) is 14.1 Å². The summed E-state index contributed by atoms with van der Waals surface area (Å²) in [5.74, 6) is 3.25. The number of aliphatic imine (C=N–C) groups is 1. The number of nitrogens with one attached hydrogen (secondary N) is 2. The zero-order valence-electron chi connectivity index (χ0n) is 19.6. The van der Waals surface area contributed by atoms with Gasteiger partial charge in [0.05, 0.1) is 25.5 Å². The van der Waals surface area contributed by atoms with Crippen LogP contribution in [0.4, 0.5) is 0 Å². The Morgan fingerprint density at radius 1 is 1.19 bits per heavy atom. The number of aryl methyl sites for hydroxylation is 2. The van der Waals surface area contributed by atoms with E-state index in [0.717, 1.165) is 75.4 Å². The molecule has 0 atom stereocenters. The minimum atomic E-state index is 0. The number of guanidine groups is 1. The smallest absolute Gasteiger partial charge is 0.208 e. The van der Waals surface area contributed by atoms with Gasteiger partial charge in [-0.1, -0.05) is 30.3 Å². The normalized spacial score (nSPS) is 15.4. The number of ether oxygens (including phenoxy) is 1. The molecule has 178 valence electrons. The van der Waals surface area contributed by atoms with Crippen molar-refractivity contribution in [2.45, 2.75) is 46.8 Å². The van der Waals surface area contributed by atoms with Crippen LogP contribution in [0, 0.1) is 19.8 Å². The van der Waals surface area contributed by atoms with Gasteiger partial charge < -0.3 is 19.8 Å². The lowest BCUT2D eigenvalue weighted by atomic mass is 9.97. The molecule has 7 nitrogen and oxygen atoms in total. The molecule has 0 aliphatic carbocycles. The van der Waals surface area contributed by atoms with Crippen LogP contribution in [-0.4, -0.2) is 55.2 Å². The third-order valence-corrected chi connectivity index (χ3v) is 5.64.